The van der Waals surface area contributed by atoms with Crippen molar-refractivity contribution in [1.82, 2.24) is 0 Å². The summed E-state index contributed by atoms with van der Waals surface area (Å²) in [6, 6.07) is 1.87. The van der Waals surface area contributed by atoms with E-state index in [4.69, 9.17) is 14.2 Å². The zero-order valence-corrected chi connectivity index (χ0v) is 12.0. The molecule has 1 aliphatic rings. The van der Waals surface area contributed by atoms with E-state index in [1.165, 1.54) is 0 Å². The summed E-state index contributed by atoms with van der Waals surface area (Å²) < 4.78 is 17.2. The molecule has 4 nitrogen and oxygen atoms in total. The molecule has 100 valence electrons. The molecule has 1 heterocycles. The van der Waals surface area contributed by atoms with Gasteiger partial charge in [-0.2, -0.15) is 0 Å². The predicted molar refractivity (Wildman–Crippen MR) is 71.3 cm³/mol. The van der Waals surface area contributed by atoms with E-state index in [-0.39, 0.29) is 6.61 Å². The van der Waals surface area contributed by atoms with E-state index >= 15 is 0 Å². The minimum Gasteiger partial charge on any atom is -0.493 e. The van der Waals surface area contributed by atoms with E-state index in [0.29, 0.717) is 19.8 Å². The van der Waals surface area contributed by atoms with Crippen LogP contribution in [0.15, 0.2) is 10.5 Å². The number of aliphatic hydroxyl groups excluding tert-OH is 1. The molecule has 5 heteroatoms. The number of hydrogen-bond donors (Lipinski definition) is 1. The van der Waals surface area contributed by atoms with Crippen LogP contribution in [0.5, 0.6) is 11.5 Å². The molecule has 0 atom stereocenters. The number of rotatable bonds is 6. The van der Waals surface area contributed by atoms with Gasteiger partial charge >= 0.3 is 0 Å². The van der Waals surface area contributed by atoms with Crippen molar-refractivity contribution in [1.29, 1.82) is 0 Å². The maximum Gasteiger partial charge on any atom is 0.140 e. The lowest BCUT2D eigenvalue weighted by molar-refractivity contribution is 0.171. The number of benzene rings is 1. The number of fused-ring (bicyclic) bond motifs is 1. The zero-order chi connectivity index (χ0) is 13.0. The third kappa shape index (κ3) is 2.79. The first-order chi connectivity index (χ1) is 8.77. The van der Waals surface area contributed by atoms with Crippen LogP contribution in [-0.2, 0) is 17.8 Å². The van der Waals surface area contributed by atoms with E-state index in [9.17, 15) is 5.11 Å². The average molecular weight is 317 g/mol. The van der Waals surface area contributed by atoms with Crippen LogP contribution in [0.25, 0.3) is 0 Å². The molecule has 1 aliphatic heterocycles. The third-order valence-electron chi connectivity index (χ3n) is 2.88. The van der Waals surface area contributed by atoms with Crippen LogP contribution >= 0.6 is 15.9 Å². The van der Waals surface area contributed by atoms with Gasteiger partial charge < -0.3 is 19.3 Å². The van der Waals surface area contributed by atoms with Gasteiger partial charge in [-0.25, -0.2) is 0 Å². The monoisotopic (exact) mass is 316 g/mol. The minimum absolute atomic E-state index is 0.0361. The Labute approximate surface area is 115 Å². The van der Waals surface area contributed by atoms with Crippen molar-refractivity contribution in [2.45, 2.75) is 19.4 Å². The summed E-state index contributed by atoms with van der Waals surface area (Å²) in [5.74, 6) is 1.62. The smallest absolute Gasteiger partial charge is 0.140 e. The Bertz CT molecular complexity index is 419. The van der Waals surface area contributed by atoms with Gasteiger partial charge in [0, 0.05) is 32.1 Å². The van der Waals surface area contributed by atoms with Crippen LogP contribution in [0.4, 0.5) is 0 Å². The molecular weight excluding hydrogens is 300 g/mol. The van der Waals surface area contributed by atoms with Crippen molar-refractivity contribution in [3.63, 3.8) is 0 Å². The van der Waals surface area contributed by atoms with Crippen LogP contribution in [0.3, 0.4) is 0 Å². The summed E-state index contributed by atoms with van der Waals surface area (Å²) >= 11 is 3.49. The van der Waals surface area contributed by atoms with Crippen molar-refractivity contribution in [2.24, 2.45) is 0 Å². The van der Waals surface area contributed by atoms with Crippen LogP contribution < -0.4 is 9.47 Å². The average Bonchev–Trinajstić information content (AvgIpc) is 2.84. The summed E-state index contributed by atoms with van der Waals surface area (Å²) in [5.41, 5.74) is 1.87. The Morgan fingerprint density at radius 1 is 1.44 bits per heavy atom. The molecule has 0 unspecified atom stereocenters. The minimum atomic E-state index is -0.0361. The normalized spacial score (nSPS) is 13.3. The van der Waals surface area contributed by atoms with E-state index in [1.54, 1.807) is 7.11 Å². The van der Waals surface area contributed by atoms with Crippen LogP contribution in [0.1, 0.15) is 17.5 Å². The number of aliphatic hydroxyl groups is 1. The number of methoxy groups -OCH3 is 1. The third-order valence-corrected chi connectivity index (χ3v) is 3.75. The summed E-state index contributed by atoms with van der Waals surface area (Å²) in [6.07, 6.45) is 1.68. The molecule has 2 rings (SSSR count). The molecule has 0 aromatic heterocycles. The van der Waals surface area contributed by atoms with Gasteiger partial charge in [-0.05, 0) is 27.6 Å². The van der Waals surface area contributed by atoms with Crippen molar-refractivity contribution >= 4 is 15.9 Å². The molecule has 1 aromatic carbocycles. The van der Waals surface area contributed by atoms with Gasteiger partial charge in [0.2, 0.25) is 0 Å². The van der Waals surface area contributed by atoms with Crippen molar-refractivity contribution in [2.75, 3.05) is 26.9 Å². The second-order valence-electron chi connectivity index (χ2n) is 4.11. The van der Waals surface area contributed by atoms with Crippen LogP contribution in [0.2, 0.25) is 0 Å². The molecule has 0 saturated carbocycles. The highest BCUT2D eigenvalue weighted by Crippen LogP contribution is 2.41. The lowest BCUT2D eigenvalue weighted by Gasteiger charge is -2.14. The second kappa shape index (κ2) is 6.41. The Balaban J connectivity index is 2.19. The van der Waals surface area contributed by atoms with E-state index in [0.717, 1.165) is 39.9 Å². The highest BCUT2D eigenvalue weighted by Gasteiger charge is 2.22. The van der Waals surface area contributed by atoms with Crippen LogP contribution in [0, 0.1) is 0 Å². The second-order valence-corrected chi connectivity index (χ2v) is 4.90. The van der Waals surface area contributed by atoms with Gasteiger partial charge in [-0.15, -0.1) is 0 Å². The van der Waals surface area contributed by atoms with Crippen molar-refractivity contribution in [3.05, 3.63) is 21.7 Å². The first-order valence-electron chi connectivity index (χ1n) is 5.97. The maximum atomic E-state index is 9.32. The fraction of sp³-hybridized carbons (Fsp3) is 0.538. The number of halogens is 1. The van der Waals surface area contributed by atoms with Gasteiger partial charge in [-0.3, -0.25) is 0 Å². The SMILES string of the molecule is COCCCOc1c(Br)c(CO)cc2c1CCO2. The lowest BCUT2D eigenvalue weighted by atomic mass is 10.1. The lowest BCUT2D eigenvalue weighted by Crippen LogP contribution is -2.04. The van der Waals surface area contributed by atoms with E-state index in [1.807, 2.05) is 6.07 Å². The molecule has 0 saturated heterocycles. The highest BCUT2D eigenvalue weighted by atomic mass is 79.9. The van der Waals surface area contributed by atoms with E-state index in [2.05, 4.69) is 15.9 Å². The summed E-state index contributed by atoms with van der Waals surface area (Å²) in [7, 11) is 1.67. The first-order valence-corrected chi connectivity index (χ1v) is 6.77. The van der Waals surface area contributed by atoms with Gasteiger partial charge in [0.15, 0.2) is 0 Å². The Kier molecular flexibility index (Phi) is 4.86. The largest absolute Gasteiger partial charge is 0.493 e. The van der Waals surface area contributed by atoms with Gasteiger partial charge in [0.1, 0.15) is 11.5 Å². The van der Waals surface area contributed by atoms with Gasteiger partial charge in [-0.1, -0.05) is 0 Å². The van der Waals surface area contributed by atoms with Crippen molar-refractivity contribution in [3.8, 4) is 11.5 Å². The summed E-state index contributed by atoms with van der Waals surface area (Å²) in [4.78, 5) is 0. The maximum absolute atomic E-state index is 9.32. The van der Waals surface area contributed by atoms with Gasteiger partial charge in [0.05, 0.1) is 24.3 Å². The molecule has 0 aliphatic carbocycles. The first kappa shape index (κ1) is 13.6. The Hall–Kier alpha value is -0.780. The highest BCUT2D eigenvalue weighted by molar-refractivity contribution is 9.10. The standard InChI is InChI=1S/C13H17BrO4/c1-16-4-2-5-18-13-10-3-6-17-11(10)7-9(8-15)12(13)14/h7,15H,2-6,8H2,1H3. The van der Waals surface area contributed by atoms with E-state index < -0.39 is 0 Å². The summed E-state index contributed by atoms with van der Waals surface area (Å²) in [6.45, 7) is 1.90. The van der Waals surface area contributed by atoms with Crippen molar-refractivity contribution < 1.29 is 19.3 Å². The molecule has 18 heavy (non-hydrogen) atoms. The molecule has 1 N–H and O–H groups in total. The number of ether oxygens (including phenoxy) is 3. The molecule has 0 bridgehead atoms. The molecule has 0 radical (unpaired) electrons. The molecule has 0 amide bonds. The van der Waals surface area contributed by atoms with Gasteiger partial charge in [0.25, 0.3) is 0 Å². The van der Waals surface area contributed by atoms with Crippen LogP contribution in [-0.4, -0.2) is 32.0 Å². The number of hydrogen-bond acceptors (Lipinski definition) is 4. The zero-order valence-electron chi connectivity index (χ0n) is 10.4. The molecular formula is C13H17BrO4. The molecule has 0 fully saturated rings. The Morgan fingerprint density at radius 3 is 3.00 bits per heavy atom. The Morgan fingerprint density at radius 2 is 2.28 bits per heavy atom. The summed E-state index contributed by atoms with van der Waals surface area (Å²) in [5, 5.41) is 9.32. The predicted octanol–water partition coefficient (Wildman–Crippen LogP) is 2.29. The fourth-order valence-electron chi connectivity index (χ4n) is 1.97. The molecule has 1 aromatic rings. The topological polar surface area (TPSA) is 47.9 Å². The molecule has 0 spiro atoms. The fourth-order valence-corrected chi connectivity index (χ4v) is 2.56. The quantitative estimate of drug-likeness (QED) is 0.818.